The van der Waals surface area contributed by atoms with Crippen LogP contribution in [0.25, 0.3) is 0 Å². The van der Waals surface area contributed by atoms with E-state index in [0.29, 0.717) is 5.69 Å². The van der Waals surface area contributed by atoms with E-state index in [1.54, 1.807) is 19.0 Å². The summed E-state index contributed by atoms with van der Waals surface area (Å²) in [6, 6.07) is 3.32. The molecule has 0 aliphatic rings. The molecule has 1 rings (SSSR count). The van der Waals surface area contributed by atoms with Gasteiger partial charge < -0.3 is 10.6 Å². The van der Waals surface area contributed by atoms with E-state index >= 15 is 0 Å². The van der Waals surface area contributed by atoms with E-state index in [1.807, 2.05) is 0 Å². The van der Waals surface area contributed by atoms with E-state index in [4.69, 9.17) is 5.73 Å². The van der Waals surface area contributed by atoms with Gasteiger partial charge in [0.1, 0.15) is 0 Å². The fraction of sp³-hybridized carbons (Fsp3) is 0.333. The van der Waals surface area contributed by atoms with Crippen LogP contribution in [0.4, 0.5) is 24.5 Å². The van der Waals surface area contributed by atoms with Crippen LogP contribution in [0, 0.1) is 0 Å². The van der Waals surface area contributed by atoms with Gasteiger partial charge in [0.05, 0.1) is 16.9 Å². The quantitative estimate of drug-likeness (QED) is 0.711. The normalized spacial score (nSPS) is 11.5. The highest BCUT2D eigenvalue weighted by Gasteiger charge is 2.30. The maximum absolute atomic E-state index is 12.2. The average molecular weight is 204 g/mol. The molecule has 0 radical (unpaired) electrons. The van der Waals surface area contributed by atoms with Crippen LogP contribution in [0.5, 0.6) is 0 Å². The molecule has 5 heteroatoms. The Morgan fingerprint density at radius 2 is 1.79 bits per heavy atom. The summed E-state index contributed by atoms with van der Waals surface area (Å²) in [5.41, 5.74) is 5.47. The molecule has 1 aromatic rings. The topological polar surface area (TPSA) is 29.3 Å². The third-order valence-electron chi connectivity index (χ3n) is 1.84. The number of nitrogens with zero attached hydrogens (tertiary/aromatic N) is 1. The van der Waals surface area contributed by atoms with Crippen molar-refractivity contribution in [2.75, 3.05) is 24.7 Å². The minimum Gasteiger partial charge on any atom is -0.397 e. The lowest BCUT2D eigenvalue weighted by Crippen LogP contribution is -2.13. The Kier molecular flexibility index (Phi) is 2.59. The van der Waals surface area contributed by atoms with Gasteiger partial charge in [0.25, 0.3) is 0 Å². The molecule has 78 valence electrons. The van der Waals surface area contributed by atoms with Gasteiger partial charge in [0.2, 0.25) is 0 Å². The lowest BCUT2D eigenvalue weighted by Gasteiger charge is -2.16. The summed E-state index contributed by atoms with van der Waals surface area (Å²) in [5, 5.41) is 0. The number of hydrogen-bond donors (Lipinski definition) is 1. The molecule has 2 nitrogen and oxygen atoms in total. The van der Waals surface area contributed by atoms with Gasteiger partial charge in [-0.1, -0.05) is 0 Å². The summed E-state index contributed by atoms with van der Waals surface area (Å²) in [4.78, 5) is 1.66. The summed E-state index contributed by atoms with van der Waals surface area (Å²) in [6.45, 7) is 0. The molecule has 0 saturated heterocycles. The van der Waals surface area contributed by atoms with Gasteiger partial charge in [0, 0.05) is 14.1 Å². The predicted octanol–water partition coefficient (Wildman–Crippen LogP) is 2.35. The Morgan fingerprint density at radius 1 is 1.21 bits per heavy atom. The monoisotopic (exact) mass is 204 g/mol. The van der Waals surface area contributed by atoms with Crippen molar-refractivity contribution in [1.82, 2.24) is 0 Å². The van der Waals surface area contributed by atoms with Crippen molar-refractivity contribution in [2.45, 2.75) is 6.18 Å². The Balaban J connectivity index is 3.13. The molecule has 0 spiro atoms. The summed E-state index contributed by atoms with van der Waals surface area (Å²) in [7, 11) is 3.44. The van der Waals surface area contributed by atoms with Crippen molar-refractivity contribution in [2.24, 2.45) is 0 Å². The molecule has 2 N–H and O–H groups in total. The Labute approximate surface area is 80.1 Å². The zero-order valence-corrected chi connectivity index (χ0v) is 7.89. The van der Waals surface area contributed by atoms with Crippen molar-refractivity contribution in [3.63, 3.8) is 0 Å². The molecule has 1 aromatic carbocycles. The van der Waals surface area contributed by atoms with E-state index in [-0.39, 0.29) is 5.69 Å². The summed E-state index contributed by atoms with van der Waals surface area (Å²) in [6.07, 6.45) is -4.33. The summed E-state index contributed by atoms with van der Waals surface area (Å²) < 4.78 is 36.7. The number of hydrogen-bond acceptors (Lipinski definition) is 2. The molecule has 0 saturated carbocycles. The van der Waals surface area contributed by atoms with Crippen LogP contribution in [0.2, 0.25) is 0 Å². The van der Waals surface area contributed by atoms with E-state index in [9.17, 15) is 13.2 Å². The van der Waals surface area contributed by atoms with Crippen LogP contribution in [0.1, 0.15) is 5.56 Å². The van der Waals surface area contributed by atoms with Gasteiger partial charge in [-0.15, -0.1) is 0 Å². The minimum absolute atomic E-state index is 0.129. The van der Waals surface area contributed by atoms with Crippen molar-refractivity contribution >= 4 is 11.4 Å². The van der Waals surface area contributed by atoms with Gasteiger partial charge >= 0.3 is 6.18 Å². The number of alkyl halides is 3. The van der Waals surface area contributed by atoms with Crippen molar-refractivity contribution in [1.29, 1.82) is 0 Å². The van der Waals surface area contributed by atoms with Crippen LogP contribution in [0.3, 0.4) is 0 Å². The highest BCUT2D eigenvalue weighted by Crippen LogP contribution is 2.33. The molecule has 0 atom stereocenters. The first-order chi connectivity index (χ1) is 6.32. The van der Waals surface area contributed by atoms with Gasteiger partial charge in [-0.3, -0.25) is 0 Å². The molecular weight excluding hydrogens is 193 g/mol. The van der Waals surface area contributed by atoms with Crippen LogP contribution in [0.15, 0.2) is 18.2 Å². The molecule has 14 heavy (non-hydrogen) atoms. The predicted molar refractivity (Wildman–Crippen MR) is 50.2 cm³/mol. The maximum Gasteiger partial charge on any atom is 0.416 e. The van der Waals surface area contributed by atoms with Crippen molar-refractivity contribution < 1.29 is 13.2 Å². The second-order valence-corrected chi connectivity index (χ2v) is 3.17. The van der Waals surface area contributed by atoms with Crippen LogP contribution < -0.4 is 10.6 Å². The van der Waals surface area contributed by atoms with Crippen LogP contribution >= 0.6 is 0 Å². The fourth-order valence-corrected chi connectivity index (χ4v) is 1.14. The van der Waals surface area contributed by atoms with Crippen molar-refractivity contribution in [3.8, 4) is 0 Å². The van der Waals surface area contributed by atoms with Crippen LogP contribution in [-0.4, -0.2) is 14.1 Å². The molecule has 0 fully saturated rings. The summed E-state index contributed by atoms with van der Waals surface area (Å²) >= 11 is 0. The molecule has 0 aromatic heterocycles. The number of nitrogens with two attached hydrogens (primary N) is 1. The third kappa shape index (κ3) is 2.10. The van der Waals surface area contributed by atoms with Gasteiger partial charge in [-0.05, 0) is 18.2 Å². The van der Waals surface area contributed by atoms with E-state index in [2.05, 4.69) is 0 Å². The lowest BCUT2D eigenvalue weighted by atomic mass is 10.1. The number of halogens is 3. The van der Waals surface area contributed by atoms with Crippen LogP contribution in [-0.2, 0) is 6.18 Å². The minimum atomic E-state index is -4.33. The fourth-order valence-electron chi connectivity index (χ4n) is 1.14. The molecule has 0 bridgehead atoms. The molecule has 0 amide bonds. The largest absolute Gasteiger partial charge is 0.416 e. The standard InChI is InChI=1S/C9H11F3N2/c1-14(2)8-4-3-6(5-7(8)13)9(10,11)12/h3-5H,13H2,1-2H3. The van der Waals surface area contributed by atoms with Gasteiger partial charge in [-0.2, -0.15) is 13.2 Å². The lowest BCUT2D eigenvalue weighted by molar-refractivity contribution is -0.137. The first-order valence-electron chi connectivity index (χ1n) is 3.96. The number of anilines is 2. The van der Waals surface area contributed by atoms with Gasteiger partial charge in [-0.25, -0.2) is 0 Å². The summed E-state index contributed by atoms with van der Waals surface area (Å²) in [5.74, 6) is 0. The van der Waals surface area contributed by atoms with E-state index in [0.717, 1.165) is 12.1 Å². The SMILES string of the molecule is CN(C)c1ccc(C(F)(F)F)cc1N. The zero-order valence-electron chi connectivity index (χ0n) is 7.89. The third-order valence-corrected chi connectivity index (χ3v) is 1.84. The van der Waals surface area contributed by atoms with Crippen molar-refractivity contribution in [3.05, 3.63) is 23.8 Å². The van der Waals surface area contributed by atoms with E-state index < -0.39 is 11.7 Å². The highest BCUT2D eigenvalue weighted by atomic mass is 19.4. The number of benzene rings is 1. The molecule has 0 unspecified atom stereocenters. The molecule has 0 heterocycles. The van der Waals surface area contributed by atoms with E-state index in [1.165, 1.54) is 6.07 Å². The highest BCUT2D eigenvalue weighted by molar-refractivity contribution is 5.68. The average Bonchev–Trinajstić information content (AvgIpc) is 2.01. The first kappa shape index (κ1) is 10.7. The number of rotatable bonds is 1. The Hall–Kier alpha value is -1.39. The zero-order chi connectivity index (χ0) is 10.9. The second-order valence-electron chi connectivity index (χ2n) is 3.17. The number of nitrogen functional groups attached to an aromatic ring is 1. The Morgan fingerprint density at radius 3 is 2.14 bits per heavy atom. The second kappa shape index (κ2) is 3.40. The smallest absolute Gasteiger partial charge is 0.397 e. The molecule has 0 aliphatic carbocycles. The van der Waals surface area contributed by atoms with Gasteiger partial charge in [0.15, 0.2) is 0 Å². The maximum atomic E-state index is 12.2. The first-order valence-corrected chi connectivity index (χ1v) is 3.96. The molecular formula is C9H11F3N2. The molecule has 0 aliphatic heterocycles. The Bertz CT molecular complexity index is 331.